The van der Waals surface area contributed by atoms with E-state index in [2.05, 4.69) is 26.5 Å². The average Bonchev–Trinajstić information content (AvgIpc) is 2.70. The van der Waals surface area contributed by atoms with Gasteiger partial charge in [0.1, 0.15) is 11.5 Å². The van der Waals surface area contributed by atoms with E-state index in [1.54, 1.807) is 13.1 Å². The summed E-state index contributed by atoms with van der Waals surface area (Å²) in [6, 6.07) is 1.79. The van der Waals surface area contributed by atoms with Crippen LogP contribution in [0.3, 0.4) is 0 Å². The lowest BCUT2D eigenvalue weighted by atomic mass is 9.73. The van der Waals surface area contributed by atoms with Gasteiger partial charge in [0.15, 0.2) is 0 Å². The predicted molar refractivity (Wildman–Crippen MR) is 130 cm³/mol. The Balaban J connectivity index is 2.54. The number of nitrogens with zero attached hydrogens (tertiary/aromatic N) is 1. The average molecular weight is 444 g/mol. The van der Waals surface area contributed by atoms with Crippen molar-refractivity contribution in [3.05, 3.63) is 46.6 Å². The number of hydrogen-bond donors (Lipinski definition) is 2. The van der Waals surface area contributed by atoms with Crippen molar-refractivity contribution in [1.82, 2.24) is 4.90 Å². The number of aromatic hydroxyl groups is 2. The molecule has 0 fully saturated rings. The van der Waals surface area contributed by atoms with Crippen molar-refractivity contribution in [3.8, 4) is 11.5 Å². The van der Waals surface area contributed by atoms with E-state index >= 15 is 0 Å². The van der Waals surface area contributed by atoms with E-state index in [-0.39, 0.29) is 36.0 Å². The standard InChI is InChI=1S/C27H41NO4/c1-8-9-10-11-20-15-24(29)25(22-14-19(6)12-13-21(22)17(2)3)26(30)23(20)16-28(7)27(31)32-18(4)5/h14-15,18,21-22,29-30H,2,8-13,16H2,1,3-7H3. The Morgan fingerprint density at radius 1 is 1.31 bits per heavy atom. The fourth-order valence-electron chi connectivity index (χ4n) is 4.56. The summed E-state index contributed by atoms with van der Waals surface area (Å²) in [6.07, 6.45) is 7.27. The molecule has 1 aliphatic rings. The van der Waals surface area contributed by atoms with Crippen LogP contribution in [-0.2, 0) is 17.7 Å². The lowest BCUT2D eigenvalue weighted by Gasteiger charge is -2.32. The van der Waals surface area contributed by atoms with E-state index in [4.69, 9.17) is 4.74 Å². The third-order valence-electron chi connectivity index (χ3n) is 6.32. The van der Waals surface area contributed by atoms with Gasteiger partial charge in [-0.15, -0.1) is 0 Å². The molecule has 5 nitrogen and oxygen atoms in total. The summed E-state index contributed by atoms with van der Waals surface area (Å²) in [4.78, 5) is 13.9. The maximum Gasteiger partial charge on any atom is 0.410 e. The number of carbonyl (C=O) groups is 1. The van der Waals surface area contributed by atoms with E-state index in [0.717, 1.165) is 49.7 Å². The fourth-order valence-corrected chi connectivity index (χ4v) is 4.56. The summed E-state index contributed by atoms with van der Waals surface area (Å²) in [7, 11) is 1.67. The topological polar surface area (TPSA) is 70.0 Å². The molecule has 1 aliphatic carbocycles. The quantitative estimate of drug-likeness (QED) is 0.324. The number of hydrogen-bond acceptors (Lipinski definition) is 4. The Labute approximate surface area is 193 Å². The fraction of sp³-hybridized carbons (Fsp3) is 0.593. The highest BCUT2D eigenvalue weighted by atomic mass is 16.6. The van der Waals surface area contributed by atoms with Crippen molar-refractivity contribution in [3.63, 3.8) is 0 Å². The van der Waals surface area contributed by atoms with Crippen molar-refractivity contribution >= 4 is 6.09 Å². The van der Waals surface area contributed by atoms with Crippen LogP contribution in [0, 0.1) is 5.92 Å². The molecule has 1 aromatic rings. The second-order valence-corrected chi connectivity index (χ2v) is 9.57. The van der Waals surface area contributed by atoms with Gasteiger partial charge in [0.05, 0.1) is 12.6 Å². The Bertz CT molecular complexity index is 856. The highest BCUT2D eigenvalue weighted by Gasteiger charge is 2.32. The number of rotatable bonds is 9. The summed E-state index contributed by atoms with van der Waals surface area (Å²) in [6.45, 7) is 14.3. The van der Waals surface area contributed by atoms with Gasteiger partial charge in [0.25, 0.3) is 0 Å². The van der Waals surface area contributed by atoms with E-state index < -0.39 is 6.09 Å². The van der Waals surface area contributed by atoms with Gasteiger partial charge >= 0.3 is 6.09 Å². The second-order valence-electron chi connectivity index (χ2n) is 9.57. The molecule has 5 heteroatoms. The molecule has 0 aliphatic heterocycles. The first-order chi connectivity index (χ1) is 15.1. The number of benzene rings is 1. The normalized spacial score (nSPS) is 18.4. The first-order valence-electron chi connectivity index (χ1n) is 11.9. The number of allylic oxidation sites excluding steroid dienone is 3. The number of carbonyl (C=O) groups excluding carboxylic acids is 1. The summed E-state index contributed by atoms with van der Waals surface area (Å²) in [5.41, 5.74) is 4.40. The van der Waals surface area contributed by atoms with Crippen LogP contribution in [0.15, 0.2) is 29.9 Å². The van der Waals surface area contributed by atoms with Crippen LogP contribution in [0.1, 0.15) is 89.3 Å². The highest BCUT2D eigenvalue weighted by Crippen LogP contribution is 2.48. The molecule has 0 saturated carbocycles. The van der Waals surface area contributed by atoms with Crippen LogP contribution in [0.4, 0.5) is 4.79 Å². The third-order valence-corrected chi connectivity index (χ3v) is 6.32. The summed E-state index contributed by atoms with van der Waals surface area (Å²) >= 11 is 0. The van der Waals surface area contributed by atoms with Gasteiger partial charge in [0.2, 0.25) is 0 Å². The SMILES string of the molecule is C=C(C)C1CCC(C)=CC1c1c(O)cc(CCCCC)c(CN(C)C(=O)OC(C)C)c1O. The van der Waals surface area contributed by atoms with Crippen LogP contribution < -0.4 is 0 Å². The number of amides is 1. The minimum Gasteiger partial charge on any atom is -0.507 e. The molecule has 2 rings (SSSR count). The Morgan fingerprint density at radius 3 is 2.59 bits per heavy atom. The first-order valence-corrected chi connectivity index (χ1v) is 11.9. The van der Waals surface area contributed by atoms with Gasteiger partial charge in [-0.05, 0) is 70.9 Å². The van der Waals surface area contributed by atoms with E-state index in [1.807, 2.05) is 20.8 Å². The van der Waals surface area contributed by atoms with E-state index in [1.165, 1.54) is 10.5 Å². The smallest absolute Gasteiger partial charge is 0.410 e. The first kappa shape index (κ1) is 25.8. The summed E-state index contributed by atoms with van der Waals surface area (Å²) in [5, 5.41) is 22.5. The maximum atomic E-state index is 12.4. The molecule has 2 N–H and O–H groups in total. The van der Waals surface area contributed by atoms with Crippen molar-refractivity contribution in [2.75, 3.05) is 7.05 Å². The zero-order valence-electron chi connectivity index (χ0n) is 20.7. The molecular formula is C27H41NO4. The minimum atomic E-state index is -0.429. The monoisotopic (exact) mass is 443 g/mol. The molecule has 1 amide bonds. The third kappa shape index (κ3) is 6.30. The molecule has 0 bridgehead atoms. The molecule has 2 unspecified atom stereocenters. The maximum absolute atomic E-state index is 12.4. The van der Waals surface area contributed by atoms with Crippen LogP contribution >= 0.6 is 0 Å². The van der Waals surface area contributed by atoms with Gasteiger partial charge in [-0.1, -0.05) is 43.6 Å². The van der Waals surface area contributed by atoms with Gasteiger partial charge < -0.3 is 19.8 Å². The van der Waals surface area contributed by atoms with Crippen LogP contribution in [-0.4, -0.2) is 34.4 Å². The Hall–Kier alpha value is -2.43. The van der Waals surface area contributed by atoms with Gasteiger partial charge in [0, 0.05) is 24.1 Å². The van der Waals surface area contributed by atoms with Crippen LogP contribution in [0.2, 0.25) is 0 Å². The number of unbranched alkanes of at least 4 members (excludes halogenated alkanes) is 2. The molecule has 0 heterocycles. The molecule has 0 saturated heterocycles. The molecule has 1 aromatic carbocycles. The van der Waals surface area contributed by atoms with Crippen molar-refractivity contribution in [1.29, 1.82) is 0 Å². The summed E-state index contributed by atoms with van der Waals surface area (Å²) in [5.74, 6) is 0.214. The van der Waals surface area contributed by atoms with Crippen molar-refractivity contribution in [2.24, 2.45) is 5.92 Å². The van der Waals surface area contributed by atoms with E-state index in [0.29, 0.717) is 11.1 Å². The van der Waals surface area contributed by atoms with Gasteiger partial charge in [-0.2, -0.15) is 0 Å². The van der Waals surface area contributed by atoms with Crippen LogP contribution in [0.5, 0.6) is 11.5 Å². The van der Waals surface area contributed by atoms with Crippen molar-refractivity contribution < 1.29 is 19.7 Å². The molecule has 178 valence electrons. The lowest BCUT2D eigenvalue weighted by molar-refractivity contribution is 0.0820. The van der Waals surface area contributed by atoms with Gasteiger partial charge in [-0.3, -0.25) is 0 Å². The zero-order chi connectivity index (χ0) is 24.0. The Morgan fingerprint density at radius 2 is 2.00 bits per heavy atom. The van der Waals surface area contributed by atoms with Gasteiger partial charge in [-0.25, -0.2) is 4.79 Å². The highest BCUT2D eigenvalue weighted by molar-refractivity contribution is 5.68. The lowest BCUT2D eigenvalue weighted by Crippen LogP contribution is -2.29. The van der Waals surface area contributed by atoms with Crippen LogP contribution in [0.25, 0.3) is 0 Å². The number of phenols is 2. The van der Waals surface area contributed by atoms with Crippen molar-refractivity contribution in [2.45, 2.75) is 91.7 Å². The van der Waals surface area contributed by atoms with E-state index in [9.17, 15) is 15.0 Å². The molecule has 0 radical (unpaired) electrons. The number of ether oxygens (including phenoxy) is 1. The predicted octanol–water partition coefficient (Wildman–Crippen LogP) is 6.82. The molecule has 32 heavy (non-hydrogen) atoms. The minimum absolute atomic E-state index is 0.0860. The molecule has 0 spiro atoms. The largest absolute Gasteiger partial charge is 0.507 e. The number of aryl methyl sites for hydroxylation is 1. The Kier molecular flexibility index (Phi) is 9.23. The molecule has 0 aromatic heterocycles. The molecule has 2 atom stereocenters. The summed E-state index contributed by atoms with van der Waals surface area (Å²) < 4.78 is 5.33. The number of phenolic OH excluding ortho intramolecular Hbond substituents is 2. The zero-order valence-corrected chi connectivity index (χ0v) is 20.7. The second kappa shape index (κ2) is 11.4. The molecular weight excluding hydrogens is 402 g/mol.